The summed E-state index contributed by atoms with van der Waals surface area (Å²) in [4.78, 5) is 35.4. The lowest BCUT2D eigenvalue weighted by molar-refractivity contribution is -0.137. The van der Waals surface area contributed by atoms with Gasteiger partial charge in [-0.05, 0) is 38.2 Å². The minimum absolute atomic E-state index is 0.0159. The van der Waals surface area contributed by atoms with Gasteiger partial charge < -0.3 is 15.2 Å². The highest BCUT2D eigenvalue weighted by molar-refractivity contribution is 5.94. The Kier molecular flexibility index (Phi) is 7.04. The van der Waals surface area contributed by atoms with Crippen molar-refractivity contribution in [1.82, 2.24) is 4.90 Å². The van der Waals surface area contributed by atoms with Crippen LogP contribution in [-0.4, -0.2) is 54.6 Å². The summed E-state index contributed by atoms with van der Waals surface area (Å²) in [6.45, 7) is 2.42. The number of likely N-dealkylation sites (N-methyl/N-ethyl adjacent to an activating group) is 1. The average molecular weight is 308 g/mol. The Bertz CT molecular complexity index is 527. The molecule has 7 heteroatoms. The molecule has 0 heterocycles. The Morgan fingerprint density at radius 1 is 1.23 bits per heavy atom. The summed E-state index contributed by atoms with van der Waals surface area (Å²) in [6, 6.07) is 6.37. The second-order valence-corrected chi connectivity index (χ2v) is 4.73. The molecule has 0 fully saturated rings. The summed E-state index contributed by atoms with van der Waals surface area (Å²) in [5.41, 5.74) is 0.975. The van der Waals surface area contributed by atoms with Gasteiger partial charge >= 0.3 is 11.9 Å². The van der Waals surface area contributed by atoms with Gasteiger partial charge in [0.15, 0.2) is 0 Å². The first kappa shape index (κ1) is 17.6. The molecule has 1 amide bonds. The monoisotopic (exact) mass is 308 g/mol. The van der Waals surface area contributed by atoms with Crippen LogP contribution in [0.4, 0.5) is 5.69 Å². The van der Waals surface area contributed by atoms with Gasteiger partial charge in [-0.3, -0.25) is 14.5 Å². The number of carboxylic acid groups (broad SMARTS) is 1. The van der Waals surface area contributed by atoms with Gasteiger partial charge in [0.1, 0.15) is 0 Å². The summed E-state index contributed by atoms with van der Waals surface area (Å²) in [5, 5.41) is 11.3. The molecule has 1 aromatic rings. The highest BCUT2D eigenvalue weighted by atomic mass is 16.5. The van der Waals surface area contributed by atoms with Crippen LogP contribution in [0.15, 0.2) is 24.3 Å². The molecule has 0 bridgehead atoms. The van der Waals surface area contributed by atoms with Gasteiger partial charge in [0.05, 0.1) is 25.1 Å². The largest absolute Gasteiger partial charge is 0.481 e. The number of hydrogen-bond donors (Lipinski definition) is 2. The summed E-state index contributed by atoms with van der Waals surface area (Å²) < 4.78 is 4.87. The first-order valence-corrected chi connectivity index (χ1v) is 6.89. The molecule has 1 rings (SSSR count). The number of aliphatic carboxylic acids is 1. The number of nitrogens with zero attached hydrogens (tertiary/aromatic N) is 1. The number of anilines is 1. The van der Waals surface area contributed by atoms with Gasteiger partial charge in [0.25, 0.3) is 0 Å². The van der Waals surface area contributed by atoms with Crippen LogP contribution in [0, 0.1) is 0 Å². The molecular formula is C15H20N2O5. The Labute approximate surface area is 128 Å². The third-order valence-corrected chi connectivity index (χ3v) is 2.80. The van der Waals surface area contributed by atoms with Crippen molar-refractivity contribution < 1.29 is 24.2 Å². The minimum Gasteiger partial charge on any atom is -0.481 e. The zero-order valence-corrected chi connectivity index (χ0v) is 12.7. The number of ether oxygens (including phenoxy) is 1. The predicted octanol–water partition coefficient (Wildman–Crippen LogP) is 1.21. The van der Waals surface area contributed by atoms with Crippen molar-refractivity contribution in [2.75, 3.05) is 32.1 Å². The van der Waals surface area contributed by atoms with Crippen LogP contribution in [0.5, 0.6) is 0 Å². The van der Waals surface area contributed by atoms with E-state index < -0.39 is 11.9 Å². The molecule has 0 atom stereocenters. The van der Waals surface area contributed by atoms with E-state index in [-0.39, 0.29) is 18.9 Å². The lowest BCUT2D eigenvalue weighted by atomic mass is 10.2. The van der Waals surface area contributed by atoms with E-state index in [1.54, 1.807) is 43.1 Å². The number of benzene rings is 1. The van der Waals surface area contributed by atoms with Crippen LogP contribution < -0.4 is 5.32 Å². The number of carbonyl (C=O) groups is 3. The maximum atomic E-state index is 11.8. The molecule has 0 aliphatic rings. The van der Waals surface area contributed by atoms with Crippen LogP contribution in [0.1, 0.15) is 23.7 Å². The summed E-state index contributed by atoms with van der Waals surface area (Å²) >= 11 is 0. The van der Waals surface area contributed by atoms with Gasteiger partial charge in [-0.2, -0.15) is 0 Å². The molecule has 0 radical (unpaired) electrons. The van der Waals surface area contributed by atoms with E-state index in [0.29, 0.717) is 24.4 Å². The number of amides is 1. The van der Waals surface area contributed by atoms with E-state index >= 15 is 0 Å². The SMILES string of the molecule is CCOC(=O)c1ccc(NC(=O)CN(C)CCC(=O)O)cc1. The van der Waals surface area contributed by atoms with Crippen molar-refractivity contribution in [3.63, 3.8) is 0 Å². The van der Waals surface area contributed by atoms with E-state index in [1.807, 2.05) is 0 Å². The summed E-state index contributed by atoms with van der Waals surface area (Å²) in [5.74, 6) is -1.56. The average Bonchev–Trinajstić information content (AvgIpc) is 2.46. The quantitative estimate of drug-likeness (QED) is 0.701. The van der Waals surface area contributed by atoms with Crippen molar-refractivity contribution in [3.8, 4) is 0 Å². The molecule has 0 saturated carbocycles. The van der Waals surface area contributed by atoms with Crippen molar-refractivity contribution in [1.29, 1.82) is 0 Å². The van der Waals surface area contributed by atoms with Gasteiger partial charge in [0, 0.05) is 12.2 Å². The fourth-order valence-electron chi connectivity index (χ4n) is 1.72. The second kappa shape index (κ2) is 8.78. The molecule has 0 aromatic heterocycles. The predicted molar refractivity (Wildman–Crippen MR) is 80.8 cm³/mol. The maximum absolute atomic E-state index is 11.8. The van der Waals surface area contributed by atoms with E-state index in [0.717, 1.165) is 0 Å². The lowest BCUT2D eigenvalue weighted by Gasteiger charge is -2.15. The highest BCUT2D eigenvalue weighted by Crippen LogP contribution is 2.10. The second-order valence-electron chi connectivity index (χ2n) is 4.73. The van der Waals surface area contributed by atoms with Crippen molar-refractivity contribution in [2.45, 2.75) is 13.3 Å². The van der Waals surface area contributed by atoms with Crippen LogP contribution in [0.3, 0.4) is 0 Å². The van der Waals surface area contributed by atoms with E-state index in [4.69, 9.17) is 9.84 Å². The number of hydrogen-bond acceptors (Lipinski definition) is 5. The number of carboxylic acids is 1. The molecule has 0 aliphatic carbocycles. The van der Waals surface area contributed by atoms with Crippen molar-refractivity contribution in [2.24, 2.45) is 0 Å². The first-order chi connectivity index (χ1) is 10.4. The van der Waals surface area contributed by atoms with Crippen LogP contribution in [-0.2, 0) is 14.3 Å². The smallest absolute Gasteiger partial charge is 0.338 e. The van der Waals surface area contributed by atoms with E-state index in [2.05, 4.69) is 5.32 Å². The highest BCUT2D eigenvalue weighted by Gasteiger charge is 2.10. The van der Waals surface area contributed by atoms with Crippen LogP contribution in [0.25, 0.3) is 0 Å². The molecule has 1 aromatic carbocycles. The number of carbonyl (C=O) groups excluding carboxylic acids is 2. The molecule has 7 nitrogen and oxygen atoms in total. The van der Waals surface area contributed by atoms with E-state index in [9.17, 15) is 14.4 Å². The fraction of sp³-hybridized carbons (Fsp3) is 0.400. The summed E-state index contributed by atoms with van der Waals surface area (Å²) in [6.07, 6.45) is -0.0159. The summed E-state index contributed by atoms with van der Waals surface area (Å²) in [7, 11) is 1.67. The number of rotatable bonds is 8. The first-order valence-electron chi connectivity index (χ1n) is 6.89. The van der Waals surface area contributed by atoms with Gasteiger partial charge in [-0.15, -0.1) is 0 Å². The van der Waals surface area contributed by atoms with E-state index in [1.165, 1.54) is 0 Å². The Balaban J connectivity index is 2.47. The zero-order chi connectivity index (χ0) is 16.5. The molecule has 0 aliphatic heterocycles. The number of nitrogens with one attached hydrogen (secondary N) is 1. The molecule has 0 unspecified atom stereocenters. The number of esters is 1. The van der Waals surface area contributed by atoms with Gasteiger partial charge in [-0.25, -0.2) is 4.79 Å². The lowest BCUT2D eigenvalue weighted by Crippen LogP contribution is -2.31. The van der Waals surface area contributed by atoms with Crippen LogP contribution in [0.2, 0.25) is 0 Å². The van der Waals surface area contributed by atoms with Gasteiger partial charge in [-0.1, -0.05) is 0 Å². The molecule has 22 heavy (non-hydrogen) atoms. The Hall–Kier alpha value is -2.41. The minimum atomic E-state index is -0.901. The Morgan fingerprint density at radius 3 is 2.41 bits per heavy atom. The molecule has 2 N–H and O–H groups in total. The standard InChI is InChI=1S/C15H20N2O5/c1-3-22-15(21)11-4-6-12(7-5-11)16-13(18)10-17(2)9-8-14(19)20/h4-7H,3,8-10H2,1-2H3,(H,16,18)(H,19,20). The maximum Gasteiger partial charge on any atom is 0.338 e. The zero-order valence-electron chi connectivity index (χ0n) is 12.7. The third-order valence-electron chi connectivity index (χ3n) is 2.80. The van der Waals surface area contributed by atoms with Crippen LogP contribution >= 0.6 is 0 Å². The third kappa shape index (κ3) is 6.36. The van der Waals surface area contributed by atoms with Crippen molar-refractivity contribution in [3.05, 3.63) is 29.8 Å². The van der Waals surface area contributed by atoms with Gasteiger partial charge in [0.2, 0.25) is 5.91 Å². The molecule has 0 spiro atoms. The molecular weight excluding hydrogens is 288 g/mol. The fourth-order valence-corrected chi connectivity index (χ4v) is 1.72. The normalized spacial score (nSPS) is 10.3. The molecule has 120 valence electrons. The Morgan fingerprint density at radius 2 is 1.86 bits per heavy atom. The molecule has 0 saturated heterocycles. The topological polar surface area (TPSA) is 95.9 Å². The van der Waals surface area contributed by atoms with Crippen molar-refractivity contribution >= 4 is 23.5 Å².